The van der Waals surface area contributed by atoms with Crippen molar-refractivity contribution < 1.29 is 4.42 Å². The fourth-order valence-electron chi connectivity index (χ4n) is 2.06. The second kappa shape index (κ2) is 6.99. The Balaban J connectivity index is 1.61. The van der Waals surface area contributed by atoms with Crippen molar-refractivity contribution in [2.24, 2.45) is 0 Å². The lowest BCUT2D eigenvalue weighted by Crippen LogP contribution is -1.87. The minimum atomic E-state index is 0.604. The summed E-state index contributed by atoms with van der Waals surface area (Å²) in [5.74, 6) is 1.45. The smallest absolute Gasteiger partial charge is 0.276 e. The monoisotopic (exact) mass is 330 g/mol. The molecule has 0 radical (unpaired) electrons. The van der Waals surface area contributed by atoms with E-state index < -0.39 is 0 Å². The molecule has 1 heterocycles. The van der Waals surface area contributed by atoms with E-state index in [1.165, 1.54) is 11.1 Å². The van der Waals surface area contributed by atoms with Crippen molar-refractivity contribution in [3.63, 3.8) is 0 Å². The Morgan fingerprint density at radius 1 is 1.05 bits per heavy atom. The standard InChI is InChI=1S/C17H15ClN2OS/c1-12-4-2-3-5-14(12)11-22-17-20-19-16(21-17)10-13-6-8-15(18)9-7-13/h2-9H,10-11H2,1H3. The maximum Gasteiger partial charge on any atom is 0.276 e. The average molecular weight is 331 g/mol. The third-order valence-corrected chi connectivity index (χ3v) is 4.45. The lowest BCUT2D eigenvalue weighted by molar-refractivity contribution is 0.420. The molecule has 3 nitrogen and oxygen atoms in total. The molecule has 0 aliphatic heterocycles. The predicted molar refractivity (Wildman–Crippen MR) is 89.3 cm³/mol. The van der Waals surface area contributed by atoms with E-state index >= 15 is 0 Å². The molecule has 0 fully saturated rings. The van der Waals surface area contributed by atoms with Crippen LogP contribution in [0.5, 0.6) is 0 Å². The molecule has 0 unspecified atom stereocenters. The highest BCUT2D eigenvalue weighted by atomic mass is 35.5. The van der Waals surface area contributed by atoms with E-state index in [2.05, 4.69) is 29.3 Å². The fraction of sp³-hybridized carbons (Fsp3) is 0.176. The third-order valence-electron chi connectivity index (χ3n) is 3.33. The Bertz CT molecular complexity index is 755. The molecule has 0 aliphatic carbocycles. The average Bonchev–Trinajstić information content (AvgIpc) is 2.96. The van der Waals surface area contributed by atoms with Crippen LogP contribution >= 0.6 is 23.4 Å². The van der Waals surface area contributed by atoms with Crippen LogP contribution in [0, 0.1) is 6.92 Å². The third kappa shape index (κ3) is 3.90. The number of nitrogens with zero attached hydrogens (tertiary/aromatic N) is 2. The van der Waals surface area contributed by atoms with Gasteiger partial charge >= 0.3 is 0 Å². The lowest BCUT2D eigenvalue weighted by Gasteiger charge is -2.02. The SMILES string of the molecule is Cc1ccccc1CSc1nnc(Cc2ccc(Cl)cc2)o1. The Morgan fingerprint density at radius 3 is 2.59 bits per heavy atom. The van der Waals surface area contributed by atoms with Gasteiger partial charge in [0.25, 0.3) is 5.22 Å². The normalized spacial score (nSPS) is 10.8. The summed E-state index contributed by atoms with van der Waals surface area (Å²) >= 11 is 7.44. The summed E-state index contributed by atoms with van der Waals surface area (Å²) in [7, 11) is 0. The van der Waals surface area contributed by atoms with Gasteiger partial charge in [0.2, 0.25) is 5.89 Å². The summed E-state index contributed by atoms with van der Waals surface area (Å²) in [4.78, 5) is 0. The molecule has 0 amide bonds. The van der Waals surface area contributed by atoms with E-state index in [1.807, 2.05) is 36.4 Å². The van der Waals surface area contributed by atoms with E-state index in [1.54, 1.807) is 11.8 Å². The molecule has 3 rings (SSSR count). The van der Waals surface area contributed by atoms with Crippen LogP contribution in [0.4, 0.5) is 0 Å². The molecule has 112 valence electrons. The molecule has 0 atom stereocenters. The molecule has 1 aromatic heterocycles. The van der Waals surface area contributed by atoms with Crippen LogP contribution in [0.1, 0.15) is 22.6 Å². The van der Waals surface area contributed by atoms with Crippen LogP contribution in [0.25, 0.3) is 0 Å². The van der Waals surface area contributed by atoms with Gasteiger partial charge in [0, 0.05) is 10.8 Å². The Labute approximate surface area is 138 Å². The first-order valence-corrected chi connectivity index (χ1v) is 8.31. The van der Waals surface area contributed by atoms with Crippen LogP contribution < -0.4 is 0 Å². The molecule has 0 bridgehead atoms. The van der Waals surface area contributed by atoms with Gasteiger partial charge in [-0.3, -0.25) is 0 Å². The number of aromatic nitrogens is 2. The fourth-order valence-corrected chi connectivity index (χ4v) is 3.04. The number of rotatable bonds is 5. The van der Waals surface area contributed by atoms with E-state index in [4.69, 9.17) is 16.0 Å². The van der Waals surface area contributed by atoms with E-state index in [0.717, 1.165) is 16.3 Å². The maximum absolute atomic E-state index is 5.88. The topological polar surface area (TPSA) is 38.9 Å². The van der Waals surface area contributed by atoms with E-state index in [0.29, 0.717) is 17.5 Å². The largest absolute Gasteiger partial charge is 0.416 e. The van der Waals surface area contributed by atoms with Crippen molar-refractivity contribution in [1.29, 1.82) is 0 Å². The molecule has 0 spiro atoms. The van der Waals surface area contributed by atoms with Crippen LogP contribution in [0.3, 0.4) is 0 Å². The molecule has 0 saturated carbocycles. The zero-order valence-corrected chi connectivity index (χ0v) is 13.7. The van der Waals surface area contributed by atoms with Gasteiger partial charge in [0.15, 0.2) is 0 Å². The van der Waals surface area contributed by atoms with Crippen molar-refractivity contribution >= 4 is 23.4 Å². The minimum absolute atomic E-state index is 0.604. The van der Waals surface area contributed by atoms with Crippen molar-refractivity contribution in [3.05, 3.63) is 76.1 Å². The van der Waals surface area contributed by atoms with Gasteiger partial charge in [-0.15, -0.1) is 10.2 Å². The maximum atomic E-state index is 5.88. The van der Waals surface area contributed by atoms with Gasteiger partial charge in [0.1, 0.15) is 0 Å². The number of hydrogen-bond donors (Lipinski definition) is 0. The summed E-state index contributed by atoms with van der Waals surface area (Å²) in [5.41, 5.74) is 3.66. The minimum Gasteiger partial charge on any atom is -0.416 e. The lowest BCUT2D eigenvalue weighted by atomic mass is 10.1. The van der Waals surface area contributed by atoms with Crippen molar-refractivity contribution in [1.82, 2.24) is 10.2 Å². The first-order valence-electron chi connectivity index (χ1n) is 6.95. The highest BCUT2D eigenvalue weighted by Gasteiger charge is 2.08. The Morgan fingerprint density at radius 2 is 1.82 bits per heavy atom. The number of thioether (sulfide) groups is 1. The van der Waals surface area contributed by atoms with Gasteiger partial charge in [-0.25, -0.2) is 0 Å². The molecule has 0 saturated heterocycles. The van der Waals surface area contributed by atoms with E-state index in [9.17, 15) is 0 Å². The number of halogens is 1. The van der Waals surface area contributed by atoms with Crippen LogP contribution in [-0.4, -0.2) is 10.2 Å². The summed E-state index contributed by atoms with van der Waals surface area (Å²) in [5, 5.41) is 9.52. The number of benzene rings is 2. The Hall–Kier alpha value is -1.78. The second-order valence-corrected chi connectivity index (χ2v) is 6.34. The van der Waals surface area contributed by atoms with Gasteiger partial charge in [-0.1, -0.05) is 59.8 Å². The van der Waals surface area contributed by atoms with Crippen molar-refractivity contribution in [2.45, 2.75) is 24.3 Å². The molecule has 0 aliphatic rings. The van der Waals surface area contributed by atoms with Crippen LogP contribution in [0.15, 0.2) is 58.2 Å². The van der Waals surface area contributed by atoms with Crippen LogP contribution in [0.2, 0.25) is 5.02 Å². The molecule has 22 heavy (non-hydrogen) atoms. The first-order chi connectivity index (χ1) is 10.7. The zero-order valence-electron chi connectivity index (χ0n) is 12.1. The van der Waals surface area contributed by atoms with Crippen molar-refractivity contribution in [2.75, 3.05) is 0 Å². The highest BCUT2D eigenvalue weighted by molar-refractivity contribution is 7.98. The zero-order chi connectivity index (χ0) is 15.4. The molecular formula is C17H15ClN2OS. The summed E-state index contributed by atoms with van der Waals surface area (Å²) in [6.45, 7) is 2.11. The molecule has 2 aromatic carbocycles. The molecular weight excluding hydrogens is 316 g/mol. The van der Waals surface area contributed by atoms with Crippen LogP contribution in [-0.2, 0) is 12.2 Å². The number of aryl methyl sites for hydroxylation is 1. The molecule has 0 N–H and O–H groups in total. The molecule has 3 aromatic rings. The highest BCUT2D eigenvalue weighted by Crippen LogP contribution is 2.24. The van der Waals surface area contributed by atoms with Gasteiger partial charge in [-0.05, 0) is 35.7 Å². The summed E-state index contributed by atoms with van der Waals surface area (Å²) in [6.07, 6.45) is 0.620. The van der Waals surface area contributed by atoms with Gasteiger partial charge in [-0.2, -0.15) is 0 Å². The summed E-state index contributed by atoms with van der Waals surface area (Å²) in [6, 6.07) is 16.0. The van der Waals surface area contributed by atoms with Gasteiger partial charge < -0.3 is 4.42 Å². The first kappa shape index (κ1) is 15.1. The Kier molecular flexibility index (Phi) is 4.80. The van der Waals surface area contributed by atoms with Crippen molar-refractivity contribution in [3.8, 4) is 0 Å². The number of hydrogen-bond acceptors (Lipinski definition) is 4. The molecule has 5 heteroatoms. The van der Waals surface area contributed by atoms with E-state index in [-0.39, 0.29) is 0 Å². The summed E-state index contributed by atoms with van der Waals surface area (Å²) < 4.78 is 5.69. The predicted octanol–water partition coefficient (Wildman–Crippen LogP) is 4.91. The van der Waals surface area contributed by atoms with Gasteiger partial charge in [0.05, 0.1) is 6.42 Å². The quantitative estimate of drug-likeness (QED) is 0.623. The second-order valence-electron chi connectivity index (χ2n) is 4.98.